The van der Waals surface area contributed by atoms with Crippen LogP contribution >= 0.6 is 0 Å². The topological polar surface area (TPSA) is 86.0 Å². The Hall–Kier alpha value is -3.02. The fourth-order valence-electron chi connectivity index (χ4n) is 2.16. The van der Waals surface area contributed by atoms with Gasteiger partial charge in [0.15, 0.2) is 11.9 Å². The Morgan fingerprint density at radius 1 is 1.30 bits per heavy atom. The van der Waals surface area contributed by atoms with Crippen molar-refractivity contribution in [2.45, 2.75) is 20.0 Å². The number of ether oxygens (including phenoxy) is 2. The summed E-state index contributed by atoms with van der Waals surface area (Å²) in [6.07, 6.45) is 0.529. The van der Waals surface area contributed by atoms with Crippen molar-refractivity contribution in [3.63, 3.8) is 0 Å². The SMILES string of the molecule is Cc1ccc(/C=C2\Oc3cc(OC(C)C(=O)O)ccc3C2=O)o1. The van der Waals surface area contributed by atoms with Crippen molar-refractivity contribution in [3.05, 3.63) is 53.2 Å². The summed E-state index contributed by atoms with van der Waals surface area (Å²) in [5.41, 5.74) is 0.398. The van der Waals surface area contributed by atoms with Crippen LogP contribution < -0.4 is 9.47 Å². The average Bonchev–Trinajstić information content (AvgIpc) is 3.03. The summed E-state index contributed by atoms with van der Waals surface area (Å²) < 4.78 is 16.2. The molecule has 1 unspecified atom stereocenters. The molecular formula is C17H14O6. The Kier molecular flexibility index (Phi) is 3.65. The van der Waals surface area contributed by atoms with Gasteiger partial charge in [-0.05, 0) is 38.1 Å². The number of carboxylic acids is 1. The van der Waals surface area contributed by atoms with Gasteiger partial charge in [0.1, 0.15) is 23.0 Å². The van der Waals surface area contributed by atoms with E-state index in [1.54, 1.807) is 31.2 Å². The predicted octanol–water partition coefficient (Wildman–Crippen LogP) is 3.06. The molecule has 2 heterocycles. The number of rotatable bonds is 4. The zero-order valence-corrected chi connectivity index (χ0v) is 12.5. The molecule has 0 amide bonds. The standard InChI is InChI=1S/C17H14O6/c1-9-3-4-11(21-9)8-15-16(18)13-6-5-12(7-14(13)23-15)22-10(2)17(19)20/h3-8,10H,1-2H3,(H,19,20)/b15-8-. The van der Waals surface area contributed by atoms with E-state index >= 15 is 0 Å². The van der Waals surface area contributed by atoms with Crippen molar-refractivity contribution in [2.75, 3.05) is 0 Å². The number of fused-ring (bicyclic) bond motifs is 1. The lowest BCUT2D eigenvalue weighted by atomic mass is 10.1. The van der Waals surface area contributed by atoms with Gasteiger partial charge >= 0.3 is 5.97 Å². The Bertz CT molecular complexity index is 814. The number of hydrogen-bond donors (Lipinski definition) is 1. The van der Waals surface area contributed by atoms with Crippen LogP contribution in [0.2, 0.25) is 0 Å². The first-order valence-electron chi connectivity index (χ1n) is 6.98. The van der Waals surface area contributed by atoms with Crippen LogP contribution in [-0.2, 0) is 4.79 Å². The summed E-state index contributed by atoms with van der Waals surface area (Å²) in [6, 6.07) is 8.12. The molecule has 1 N–H and O–H groups in total. The van der Waals surface area contributed by atoms with Gasteiger partial charge in [0, 0.05) is 12.1 Å². The van der Waals surface area contributed by atoms with Crippen LogP contribution in [0, 0.1) is 6.92 Å². The van der Waals surface area contributed by atoms with E-state index in [-0.39, 0.29) is 11.5 Å². The molecular weight excluding hydrogens is 300 g/mol. The van der Waals surface area contributed by atoms with Crippen LogP contribution in [0.25, 0.3) is 6.08 Å². The van der Waals surface area contributed by atoms with Crippen LogP contribution in [0.5, 0.6) is 11.5 Å². The second-order valence-corrected chi connectivity index (χ2v) is 5.14. The van der Waals surface area contributed by atoms with Crippen molar-refractivity contribution in [1.29, 1.82) is 0 Å². The van der Waals surface area contributed by atoms with E-state index in [1.165, 1.54) is 19.1 Å². The van der Waals surface area contributed by atoms with E-state index < -0.39 is 12.1 Å². The highest BCUT2D eigenvalue weighted by Gasteiger charge is 2.28. The number of benzene rings is 1. The van der Waals surface area contributed by atoms with Gasteiger partial charge in [0.2, 0.25) is 5.78 Å². The quantitative estimate of drug-likeness (QED) is 0.873. The van der Waals surface area contributed by atoms with Crippen LogP contribution in [0.15, 0.2) is 40.5 Å². The largest absolute Gasteiger partial charge is 0.479 e. The molecule has 1 atom stereocenters. The van der Waals surface area contributed by atoms with Gasteiger partial charge in [-0.25, -0.2) is 4.79 Å². The second kappa shape index (κ2) is 5.64. The summed E-state index contributed by atoms with van der Waals surface area (Å²) in [5.74, 6) is 0.731. The number of ketones is 1. The molecule has 1 aromatic carbocycles. The fraction of sp³-hybridized carbons (Fsp3) is 0.176. The predicted molar refractivity (Wildman–Crippen MR) is 80.5 cm³/mol. The molecule has 0 saturated heterocycles. The lowest BCUT2D eigenvalue weighted by molar-refractivity contribution is -0.144. The number of aryl methyl sites for hydroxylation is 1. The van der Waals surface area contributed by atoms with Gasteiger partial charge in [0.25, 0.3) is 0 Å². The minimum atomic E-state index is -1.07. The third-order valence-electron chi connectivity index (χ3n) is 3.34. The molecule has 6 heteroatoms. The molecule has 23 heavy (non-hydrogen) atoms. The van der Waals surface area contributed by atoms with Crippen molar-refractivity contribution in [2.24, 2.45) is 0 Å². The van der Waals surface area contributed by atoms with E-state index in [9.17, 15) is 9.59 Å². The van der Waals surface area contributed by atoms with Crippen molar-refractivity contribution < 1.29 is 28.6 Å². The van der Waals surface area contributed by atoms with Gasteiger partial charge in [-0.3, -0.25) is 4.79 Å². The van der Waals surface area contributed by atoms with Gasteiger partial charge in [-0.15, -0.1) is 0 Å². The lowest BCUT2D eigenvalue weighted by Crippen LogP contribution is -2.22. The smallest absolute Gasteiger partial charge is 0.344 e. The maximum Gasteiger partial charge on any atom is 0.344 e. The molecule has 1 aliphatic rings. The summed E-state index contributed by atoms with van der Waals surface area (Å²) in [7, 11) is 0. The normalized spacial score (nSPS) is 16.1. The molecule has 0 bridgehead atoms. The zero-order valence-electron chi connectivity index (χ0n) is 12.5. The van der Waals surface area contributed by atoms with Crippen molar-refractivity contribution in [1.82, 2.24) is 0 Å². The molecule has 2 aromatic rings. The molecule has 0 spiro atoms. The van der Waals surface area contributed by atoms with Gasteiger partial charge in [-0.2, -0.15) is 0 Å². The Labute approximate surface area is 131 Å². The number of furan rings is 1. The number of Topliss-reactive ketones (excluding diaryl/α,β-unsaturated/α-hetero) is 1. The van der Waals surface area contributed by atoms with E-state index in [4.69, 9.17) is 19.0 Å². The number of aliphatic carboxylic acids is 1. The Balaban J connectivity index is 1.85. The molecule has 3 rings (SSSR count). The average molecular weight is 314 g/mol. The first kappa shape index (κ1) is 14.9. The van der Waals surface area contributed by atoms with Gasteiger partial charge in [0.05, 0.1) is 5.56 Å². The van der Waals surface area contributed by atoms with Crippen molar-refractivity contribution >= 4 is 17.8 Å². The summed E-state index contributed by atoms with van der Waals surface area (Å²) in [4.78, 5) is 23.1. The van der Waals surface area contributed by atoms with Gasteiger partial charge in [-0.1, -0.05) is 0 Å². The van der Waals surface area contributed by atoms with Crippen LogP contribution in [-0.4, -0.2) is 23.0 Å². The summed E-state index contributed by atoms with van der Waals surface area (Å²) >= 11 is 0. The van der Waals surface area contributed by atoms with E-state index in [1.807, 2.05) is 0 Å². The molecule has 118 valence electrons. The highest BCUT2D eigenvalue weighted by Crippen LogP contribution is 2.35. The maximum atomic E-state index is 12.3. The number of carbonyl (C=O) groups is 2. The molecule has 0 fully saturated rings. The lowest BCUT2D eigenvalue weighted by Gasteiger charge is -2.10. The molecule has 0 radical (unpaired) electrons. The van der Waals surface area contributed by atoms with Crippen LogP contribution in [0.1, 0.15) is 28.8 Å². The molecule has 1 aromatic heterocycles. The van der Waals surface area contributed by atoms with E-state index in [0.29, 0.717) is 22.8 Å². The molecule has 0 saturated carbocycles. The minimum Gasteiger partial charge on any atom is -0.479 e. The molecule has 1 aliphatic heterocycles. The summed E-state index contributed by atoms with van der Waals surface area (Å²) in [6.45, 7) is 3.23. The number of hydrogen-bond acceptors (Lipinski definition) is 5. The molecule has 0 aliphatic carbocycles. The number of carboxylic acid groups (broad SMARTS) is 1. The minimum absolute atomic E-state index is 0.151. The number of allylic oxidation sites excluding steroid dienone is 1. The van der Waals surface area contributed by atoms with Gasteiger partial charge < -0.3 is 19.0 Å². The van der Waals surface area contributed by atoms with E-state index in [2.05, 4.69) is 0 Å². The first-order chi connectivity index (χ1) is 10.9. The Morgan fingerprint density at radius 3 is 2.74 bits per heavy atom. The highest BCUT2D eigenvalue weighted by atomic mass is 16.5. The maximum absolute atomic E-state index is 12.3. The third kappa shape index (κ3) is 2.96. The van der Waals surface area contributed by atoms with Crippen LogP contribution in [0.4, 0.5) is 0 Å². The zero-order chi connectivity index (χ0) is 16.6. The first-order valence-corrected chi connectivity index (χ1v) is 6.98. The third-order valence-corrected chi connectivity index (χ3v) is 3.34. The monoisotopic (exact) mass is 314 g/mol. The molecule has 6 nitrogen and oxygen atoms in total. The highest BCUT2D eigenvalue weighted by molar-refractivity contribution is 6.14. The Morgan fingerprint density at radius 2 is 2.09 bits per heavy atom. The number of carbonyl (C=O) groups excluding carboxylic acids is 1. The van der Waals surface area contributed by atoms with Crippen LogP contribution in [0.3, 0.4) is 0 Å². The van der Waals surface area contributed by atoms with E-state index in [0.717, 1.165) is 5.76 Å². The summed E-state index contributed by atoms with van der Waals surface area (Å²) in [5, 5.41) is 8.86. The second-order valence-electron chi connectivity index (χ2n) is 5.14. The van der Waals surface area contributed by atoms with Crippen molar-refractivity contribution in [3.8, 4) is 11.5 Å². The fourth-order valence-corrected chi connectivity index (χ4v) is 2.16.